The summed E-state index contributed by atoms with van der Waals surface area (Å²) < 4.78 is 0. The van der Waals surface area contributed by atoms with Crippen LogP contribution in [-0.4, -0.2) is 42.1 Å². The molecule has 0 heterocycles. The number of rotatable bonds is 8. The predicted molar refractivity (Wildman–Crippen MR) is 75.0 cm³/mol. The lowest BCUT2D eigenvalue weighted by Gasteiger charge is -2.45. The normalized spacial score (nSPS) is 22.1. The Morgan fingerprint density at radius 1 is 1.44 bits per heavy atom. The number of nitrogens with zero attached hydrogens (tertiary/aromatic N) is 1. The molecule has 0 amide bonds. The molecule has 2 nitrogen and oxygen atoms in total. The van der Waals surface area contributed by atoms with E-state index in [2.05, 4.69) is 32.1 Å². The maximum atomic E-state index is 6.10. The Bertz CT molecular complexity index is 200. The highest BCUT2D eigenvalue weighted by Gasteiger charge is 2.47. The molecule has 3 heteroatoms. The van der Waals surface area contributed by atoms with Crippen LogP contribution in [0.3, 0.4) is 0 Å². The molecule has 2 unspecified atom stereocenters. The molecule has 0 bridgehead atoms. The monoisotopic (exact) mass is 244 g/mol. The quantitative estimate of drug-likeness (QED) is 0.711. The fraction of sp³-hybridized carbons (Fsp3) is 1.00. The van der Waals surface area contributed by atoms with Crippen LogP contribution in [0.1, 0.15) is 39.5 Å². The third kappa shape index (κ3) is 2.74. The van der Waals surface area contributed by atoms with E-state index in [0.29, 0.717) is 6.04 Å². The molecular weight excluding hydrogens is 216 g/mol. The van der Waals surface area contributed by atoms with Gasteiger partial charge >= 0.3 is 0 Å². The summed E-state index contributed by atoms with van der Waals surface area (Å²) in [4.78, 5) is 2.60. The maximum Gasteiger partial charge on any atom is 0.0357 e. The first-order valence-electron chi connectivity index (χ1n) is 6.58. The van der Waals surface area contributed by atoms with Crippen molar-refractivity contribution in [2.24, 2.45) is 11.7 Å². The fourth-order valence-corrected chi connectivity index (χ4v) is 3.81. The van der Waals surface area contributed by atoms with Gasteiger partial charge in [-0.25, -0.2) is 0 Å². The predicted octanol–water partition coefficient (Wildman–Crippen LogP) is 2.58. The largest absolute Gasteiger partial charge is 0.329 e. The van der Waals surface area contributed by atoms with Gasteiger partial charge in [0.2, 0.25) is 0 Å². The Hall–Kier alpha value is 0.270. The molecule has 1 aliphatic carbocycles. The summed E-state index contributed by atoms with van der Waals surface area (Å²) in [6, 6.07) is 0.680. The second-order valence-electron chi connectivity index (χ2n) is 5.06. The molecule has 2 atom stereocenters. The van der Waals surface area contributed by atoms with E-state index in [9.17, 15) is 0 Å². The standard InChI is InChI=1S/C13H28N2S/c1-5-12(9-16-4)15(3)13(6-2,10-14)11-7-8-11/h11-12H,5-10,14H2,1-4H3. The molecule has 1 aliphatic rings. The van der Waals surface area contributed by atoms with Gasteiger partial charge in [0.05, 0.1) is 0 Å². The minimum absolute atomic E-state index is 0.274. The third-order valence-electron chi connectivity index (χ3n) is 4.38. The lowest BCUT2D eigenvalue weighted by molar-refractivity contribution is 0.0603. The molecule has 96 valence electrons. The summed E-state index contributed by atoms with van der Waals surface area (Å²) >= 11 is 1.95. The zero-order chi connectivity index (χ0) is 12.2. The number of nitrogens with two attached hydrogens (primary N) is 1. The summed E-state index contributed by atoms with van der Waals surface area (Å²) in [5, 5.41) is 0. The van der Waals surface area contributed by atoms with Crippen LogP contribution < -0.4 is 5.73 Å². The van der Waals surface area contributed by atoms with E-state index >= 15 is 0 Å². The van der Waals surface area contributed by atoms with Crippen molar-refractivity contribution in [3.63, 3.8) is 0 Å². The summed E-state index contributed by atoms with van der Waals surface area (Å²) in [6.45, 7) is 5.41. The van der Waals surface area contributed by atoms with Crippen LogP contribution in [0.15, 0.2) is 0 Å². The van der Waals surface area contributed by atoms with Gasteiger partial charge in [-0.05, 0) is 44.9 Å². The molecule has 0 spiro atoms. The van der Waals surface area contributed by atoms with E-state index in [1.54, 1.807) is 0 Å². The summed E-state index contributed by atoms with van der Waals surface area (Å²) in [5.41, 5.74) is 6.37. The molecule has 16 heavy (non-hydrogen) atoms. The SMILES string of the molecule is CCC(CSC)N(C)C(CC)(CN)C1CC1. The zero-order valence-electron chi connectivity index (χ0n) is 11.3. The third-order valence-corrected chi connectivity index (χ3v) is 5.10. The van der Waals surface area contributed by atoms with E-state index in [0.717, 1.165) is 12.5 Å². The number of hydrogen-bond donors (Lipinski definition) is 1. The molecule has 1 fully saturated rings. The number of hydrogen-bond acceptors (Lipinski definition) is 3. The summed E-state index contributed by atoms with van der Waals surface area (Å²) in [7, 11) is 2.29. The highest BCUT2D eigenvalue weighted by Crippen LogP contribution is 2.45. The van der Waals surface area contributed by atoms with E-state index in [1.165, 1.54) is 31.4 Å². The van der Waals surface area contributed by atoms with Gasteiger partial charge in [0.15, 0.2) is 0 Å². The van der Waals surface area contributed by atoms with Gasteiger partial charge in [0.25, 0.3) is 0 Å². The Morgan fingerprint density at radius 3 is 2.38 bits per heavy atom. The van der Waals surface area contributed by atoms with E-state index in [4.69, 9.17) is 5.73 Å². The molecule has 0 radical (unpaired) electrons. The van der Waals surface area contributed by atoms with Gasteiger partial charge < -0.3 is 5.73 Å². The summed E-state index contributed by atoms with van der Waals surface area (Å²) in [5.74, 6) is 2.07. The Balaban J connectivity index is 2.75. The van der Waals surface area contributed by atoms with Gasteiger partial charge in [0.1, 0.15) is 0 Å². The number of likely N-dealkylation sites (N-methyl/N-ethyl adjacent to an activating group) is 1. The van der Waals surface area contributed by atoms with Crippen molar-refractivity contribution in [2.45, 2.75) is 51.1 Å². The van der Waals surface area contributed by atoms with Crippen molar-refractivity contribution in [1.82, 2.24) is 4.90 Å². The van der Waals surface area contributed by atoms with Crippen molar-refractivity contribution in [3.05, 3.63) is 0 Å². The Labute approximate surface area is 105 Å². The van der Waals surface area contributed by atoms with Crippen LogP contribution in [0.4, 0.5) is 0 Å². The molecule has 0 aliphatic heterocycles. The molecule has 0 saturated heterocycles. The average Bonchev–Trinajstić information content (AvgIpc) is 3.12. The van der Waals surface area contributed by atoms with Crippen molar-refractivity contribution >= 4 is 11.8 Å². The van der Waals surface area contributed by atoms with Crippen LogP contribution >= 0.6 is 11.8 Å². The Morgan fingerprint density at radius 2 is 2.06 bits per heavy atom. The molecule has 2 N–H and O–H groups in total. The van der Waals surface area contributed by atoms with Crippen LogP contribution in [-0.2, 0) is 0 Å². The number of thioether (sulfide) groups is 1. The first-order valence-corrected chi connectivity index (χ1v) is 7.97. The van der Waals surface area contributed by atoms with Crippen LogP contribution in [0, 0.1) is 5.92 Å². The molecule has 0 aromatic heterocycles. The van der Waals surface area contributed by atoms with Crippen LogP contribution in [0.5, 0.6) is 0 Å². The second kappa shape index (κ2) is 6.27. The molecule has 0 aromatic rings. The molecule has 1 rings (SSSR count). The van der Waals surface area contributed by atoms with Crippen LogP contribution in [0.25, 0.3) is 0 Å². The maximum absolute atomic E-state index is 6.10. The fourth-order valence-electron chi connectivity index (χ4n) is 2.96. The first kappa shape index (κ1) is 14.3. The van der Waals surface area contributed by atoms with Gasteiger partial charge in [-0.1, -0.05) is 13.8 Å². The van der Waals surface area contributed by atoms with Gasteiger partial charge in [-0.15, -0.1) is 0 Å². The van der Waals surface area contributed by atoms with Gasteiger partial charge in [-0.2, -0.15) is 11.8 Å². The van der Waals surface area contributed by atoms with E-state index in [-0.39, 0.29) is 5.54 Å². The second-order valence-corrected chi connectivity index (χ2v) is 5.97. The lowest BCUT2D eigenvalue weighted by atomic mass is 9.87. The average molecular weight is 244 g/mol. The lowest BCUT2D eigenvalue weighted by Crippen LogP contribution is -2.57. The smallest absolute Gasteiger partial charge is 0.0357 e. The molecule has 0 aromatic carbocycles. The summed E-state index contributed by atoms with van der Waals surface area (Å²) in [6.07, 6.45) is 7.38. The topological polar surface area (TPSA) is 29.3 Å². The van der Waals surface area contributed by atoms with E-state index < -0.39 is 0 Å². The Kier molecular flexibility index (Phi) is 5.62. The van der Waals surface area contributed by atoms with Crippen molar-refractivity contribution in [3.8, 4) is 0 Å². The van der Waals surface area contributed by atoms with Crippen molar-refractivity contribution < 1.29 is 0 Å². The highest BCUT2D eigenvalue weighted by molar-refractivity contribution is 7.98. The highest BCUT2D eigenvalue weighted by atomic mass is 32.2. The minimum atomic E-state index is 0.274. The van der Waals surface area contributed by atoms with Crippen molar-refractivity contribution in [2.75, 3.05) is 25.6 Å². The van der Waals surface area contributed by atoms with E-state index in [1.807, 2.05) is 11.8 Å². The van der Waals surface area contributed by atoms with Gasteiger partial charge in [0, 0.05) is 23.9 Å². The molecular formula is C13H28N2S. The van der Waals surface area contributed by atoms with Gasteiger partial charge in [-0.3, -0.25) is 4.90 Å². The zero-order valence-corrected chi connectivity index (χ0v) is 12.1. The van der Waals surface area contributed by atoms with Crippen LogP contribution in [0.2, 0.25) is 0 Å². The molecule has 1 saturated carbocycles. The minimum Gasteiger partial charge on any atom is -0.329 e. The first-order chi connectivity index (χ1) is 7.66. The van der Waals surface area contributed by atoms with Crippen molar-refractivity contribution in [1.29, 1.82) is 0 Å².